The average Bonchev–Trinajstić information content (AvgIpc) is 2.43. The molecule has 0 spiro atoms. The molecule has 5 nitrogen and oxygen atoms in total. The van der Waals surface area contributed by atoms with Crippen LogP contribution in [0.5, 0.6) is 0 Å². The standard InChI is InChI=1S/C14H22N2O3S/c1-4-20(18,19)15-10-11-16(13(3)17)12(2)14-8-6-5-7-9-14/h5-9,12,15H,4,10-11H2,1-3H3. The Bertz CT molecular complexity index is 529. The van der Waals surface area contributed by atoms with Crippen molar-refractivity contribution in [1.82, 2.24) is 9.62 Å². The van der Waals surface area contributed by atoms with E-state index in [9.17, 15) is 13.2 Å². The fraction of sp³-hybridized carbons (Fsp3) is 0.500. The van der Waals surface area contributed by atoms with Crippen molar-refractivity contribution >= 4 is 15.9 Å². The molecule has 1 aromatic rings. The van der Waals surface area contributed by atoms with Gasteiger partial charge < -0.3 is 4.90 Å². The minimum Gasteiger partial charge on any atom is -0.335 e. The predicted molar refractivity (Wildman–Crippen MR) is 79.7 cm³/mol. The maximum atomic E-state index is 11.7. The first-order valence-corrected chi connectivity index (χ1v) is 8.32. The van der Waals surface area contributed by atoms with Crippen molar-refractivity contribution in [2.45, 2.75) is 26.8 Å². The number of amides is 1. The Balaban J connectivity index is 2.68. The summed E-state index contributed by atoms with van der Waals surface area (Å²) < 4.78 is 25.2. The van der Waals surface area contributed by atoms with E-state index in [-0.39, 0.29) is 24.2 Å². The first kappa shape index (κ1) is 16.7. The van der Waals surface area contributed by atoms with Gasteiger partial charge in [0.15, 0.2) is 0 Å². The van der Waals surface area contributed by atoms with Crippen LogP contribution in [0.4, 0.5) is 0 Å². The fourth-order valence-electron chi connectivity index (χ4n) is 1.96. The van der Waals surface area contributed by atoms with E-state index in [2.05, 4.69) is 4.72 Å². The number of hydrogen-bond donors (Lipinski definition) is 1. The number of hydrogen-bond acceptors (Lipinski definition) is 3. The molecular weight excluding hydrogens is 276 g/mol. The van der Waals surface area contributed by atoms with Gasteiger partial charge in [-0.05, 0) is 19.4 Å². The van der Waals surface area contributed by atoms with Gasteiger partial charge in [0.2, 0.25) is 15.9 Å². The van der Waals surface area contributed by atoms with Gasteiger partial charge in [-0.25, -0.2) is 13.1 Å². The molecule has 1 N–H and O–H groups in total. The summed E-state index contributed by atoms with van der Waals surface area (Å²) >= 11 is 0. The van der Waals surface area contributed by atoms with Crippen LogP contribution in [-0.4, -0.2) is 38.1 Å². The molecule has 1 amide bonds. The summed E-state index contributed by atoms with van der Waals surface area (Å²) in [5.41, 5.74) is 1.03. The molecule has 0 saturated heterocycles. The molecule has 0 aliphatic carbocycles. The van der Waals surface area contributed by atoms with E-state index < -0.39 is 10.0 Å². The van der Waals surface area contributed by atoms with E-state index >= 15 is 0 Å². The molecule has 0 bridgehead atoms. The first-order valence-electron chi connectivity index (χ1n) is 6.67. The molecular formula is C14H22N2O3S. The summed E-state index contributed by atoms with van der Waals surface area (Å²) in [6.45, 7) is 5.59. The van der Waals surface area contributed by atoms with Gasteiger partial charge in [0, 0.05) is 20.0 Å². The van der Waals surface area contributed by atoms with Crippen LogP contribution in [0.25, 0.3) is 0 Å². The van der Waals surface area contributed by atoms with Crippen LogP contribution in [0.15, 0.2) is 30.3 Å². The second kappa shape index (κ2) is 7.40. The van der Waals surface area contributed by atoms with E-state index in [1.54, 1.807) is 11.8 Å². The minimum absolute atomic E-state index is 0.0430. The minimum atomic E-state index is -3.22. The molecule has 0 radical (unpaired) electrons. The summed E-state index contributed by atoms with van der Waals surface area (Å²) in [5, 5.41) is 0. The zero-order valence-corrected chi connectivity index (χ0v) is 13.0. The van der Waals surface area contributed by atoms with Crippen molar-refractivity contribution in [3.8, 4) is 0 Å². The highest BCUT2D eigenvalue weighted by molar-refractivity contribution is 7.89. The smallest absolute Gasteiger partial charge is 0.219 e. The number of sulfonamides is 1. The van der Waals surface area contributed by atoms with Gasteiger partial charge in [-0.1, -0.05) is 30.3 Å². The third-order valence-corrected chi connectivity index (χ3v) is 4.61. The fourth-order valence-corrected chi connectivity index (χ4v) is 2.57. The first-order chi connectivity index (χ1) is 9.37. The third kappa shape index (κ3) is 4.94. The highest BCUT2D eigenvalue weighted by Crippen LogP contribution is 2.19. The van der Waals surface area contributed by atoms with Crippen LogP contribution in [0, 0.1) is 0 Å². The second-order valence-corrected chi connectivity index (χ2v) is 6.69. The molecule has 112 valence electrons. The van der Waals surface area contributed by atoms with Gasteiger partial charge in [-0.2, -0.15) is 0 Å². The normalized spacial score (nSPS) is 12.9. The lowest BCUT2D eigenvalue weighted by molar-refractivity contribution is -0.130. The maximum absolute atomic E-state index is 11.7. The van der Waals surface area contributed by atoms with Crippen molar-refractivity contribution < 1.29 is 13.2 Å². The van der Waals surface area contributed by atoms with E-state index in [1.807, 2.05) is 37.3 Å². The molecule has 1 rings (SSSR count). The number of benzene rings is 1. The molecule has 6 heteroatoms. The zero-order valence-electron chi connectivity index (χ0n) is 12.2. The summed E-state index contributed by atoms with van der Waals surface area (Å²) in [7, 11) is -3.22. The van der Waals surface area contributed by atoms with E-state index in [4.69, 9.17) is 0 Å². The molecule has 0 saturated carbocycles. The Morgan fingerprint density at radius 1 is 1.30 bits per heavy atom. The van der Waals surface area contributed by atoms with Gasteiger partial charge >= 0.3 is 0 Å². The van der Waals surface area contributed by atoms with Crippen LogP contribution >= 0.6 is 0 Å². The third-order valence-electron chi connectivity index (χ3n) is 3.21. The largest absolute Gasteiger partial charge is 0.335 e. The number of nitrogens with zero attached hydrogens (tertiary/aromatic N) is 1. The summed E-state index contributed by atoms with van der Waals surface area (Å²) in [4.78, 5) is 13.4. The van der Waals surface area contributed by atoms with Crippen molar-refractivity contribution in [3.05, 3.63) is 35.9 Å². The maximum Gasteiger partial charge on any atom is 0.219 e. The van der Waals surface area contributed by atoms with Crippen LogP contribution in [0.2, 0.25) is 0 Å². The molecule has 1 atom stereocenters. The molecule has 0 aromatic heterocycles. The highest BCUT2D eigenvalue weighted by Gasteiger charge is 2.18. The van der Waals surface area contributed by atoms with Crippen LogP contribution < -0.4 is 4.72 Å². The van der Waals surface area contributed by atoms with Crippen molar-refractivity contribution in [2.75, 3.05) is 18.8 Å². The number of nitrogens with one attached hydrogen (secondary N) is 1. The molecule has 0 aliphatic heterocycles. The van der Waals surface area contributed by atoms with Gasteiger partial charge in [0.25, 0.3) is 0 Å². The summed E-state index contributed by atoms with van der Waals surface area (Å²) in [6.07, 6.45) is 0. The second-order valence-electron chi connectivity index (χ2n) is 4.60. The Morgan fingerprint density at radius 3 is 2.40 bits per heavy atom. The summed E-state index contributed by atoms with van der Waals surface area (Å²) in [5.74, 6) is -0.0292. The topological polar surface area (TPSA) is 66.5 Å². The van der Waals surface area contributed by atoms with E-state index in [1.165, 1.54) is 6.92 Å². The van der Waals surface area contributed by atoms with Gasteiger partial charge in [0.1, 0.15) is 0 Å². The molecule has 0 aliphatic rings. The zero-order chi connectivity index (χ0) is 15.2. The molecule has 20 heavy (non-hydrogen) atoms. The molecule has 0 heterocycles. The quantitative estimate of drug-likeness (QED) is 0.830. The van der Waals surface area contributed by atoms with E-state index in [0.29, 0.717) is 6.54 Å². The van der Waals surface area contributed by atoms with Gasteiger partial charge in [0.05, 0.1) is 11.8 Å². The highest BCUT2D eigenvalue weighted by atomic mass is 32.2. The Kier molecular flexibility index (Phi) is 6.16. The van der Waals surface area contributed by atoms with Gasteiger partial charge in [-0.15, -0.1) is 0 Å². The molecule has 1 aromatic carbocycles. The van der Waals surface area contributed by atoms with Crippen LogP contribution in [0.3, 0.4) is 0 Å². The van der Waals surface area contributed by atoms with Crippen molar-refractivity contribution in [2.24, 2.45) is 0 Å². The molecule has 0 fully saturated rings. The lowest BCUT2D eigenvalue weighted by Crippen LogP contribution is -2.39. The van der Waals surface area contributed by atoms with Crippen molar-refractivity contribution in [1.29, 1.82) is 0 Å². The average molecular weight is 298 g/mol. The SMILES string of the molecule is CCS(=O)(=O)NCCN(C(C)=O)C(C)c1ccccc1. The lowest BCUT2D eigenvalue weighted by atomic mass is 10.1. The predicted octanol–water partition coefficient (Wildman–Crippen LogP) is 1.54. The van der Waals surface area contributed by atoms with Crippen LogP contribution in [-0.2, 0) is 14.8 Å². The Morgan fingerprint density at radius 2 is 1.90 bits per heavy atom. The lowest BCUT2D eigenvalue weighted by Gasteiger charge is -2.28. The number of carbonyl (C=O) groups excluding carboxylic acids is 1. The van der Waals surface area contributed by atoms with E-state index in [0.717, 1.165) is 5.56 Å². The number of rotatable bonds is 7. The Labute approximate surface area is 121 Å². The number of carbonyl (C=O) groups is 1. The summed E-state index contributed by atoms with van der Waals surface area (Å²) in [6, 6.07) is 9.59. The van der Waals surface area contributed by atoms with Crippen molar-refractivity contribution in [3.63, 3.8) is 0 Å². The molecule has 1 unspecified atom stereocenters. The monoisotopic (exact) mass is 298 g/mol. The van der Waals surface area contributed by atoms with Crippen LogP contribution in [0.1, 0.15) is 32.4 Å². The van der Waals surface area contributed by atoms with Gasteiger partial charge in [-0.3, -0.25) is 4.79 Å². The Hall–Kier alpha value is -1.40.